The molecular formula is C43H26N2S. The zero-order chi connectivity index (χ0) is 30.6. The minimum Gasteiger partial charge on any atom is -0.307 e. The number of hydrogen-bond donors (Lipinski definition) is 0. The SMILES string of the molecule is N#Cc1cc(-c2ccccc2)ccc1-c1cccc(-c2cccc(-c3ccc4c(c3)c3cccc5c3n4-c3ccccc3S5)c2)c1. The van der Waals surface area contributed by atoms with Gasteiger partial charge in [-0.2, -0.15) is 5.26 Å². The maximum atomic E-state index is 10.1. The van der Waals surface area contributed by atoms with Crippen molar-refractivity contribution in [3.8, 4) is 56.3 Å². The van der Waals surface area contributed by atoms with E-state index in [1.165, 1.54) is 48.4 Å². The van der Waals surface area contributed by atoms with Crippen molar-refractivity contribution in [3.63, 3.8) is 0 Å². The minimum atomic E-state index is 0.674. The molecule has 46 heavy (non-hydrogen) atoms. The average Bonchev–Trinajstić information content (AvgIpc) is 3.47. The van der Waals surface area contributed by atoms with Gasteiger partial charge in [0.25, 0.3) is 0 Å². The lowest BCUT2D eigenvalue weighted by Gasteiger charge is -2.19. The summed E-state index contributed by atoms with van der Waals surface area (Å²) >= 11 is 1.85. The molecule has 0 fully saturated rings. The highest BCUT2D eigenvalue weighted by Gasteiger charge is 2.22. The molecule has 8 aromatic rings. The highest BCUT2D eigenvalue weighted by Crippen LogP contribution is 2.47. The highest BCUT2D eigenvalue weighted by atomic mass is 32.2. The molecular weight excluding hydrogens is 577 g/mol. The third kappa shape index (κ3) is 4.27. The molecule has 1 aliphatic rings. The summed E-state index contributed by atoms with van der Waals surface area (Å²) in [5, 5.41) is 12.6. The summed E-state index contributed by atoms with van der Waals surface area (Å²) in [6.07, 6.45) is 0. The molecule has 0 N–H and O–H groups in total. The van der Waals surface area contributed by atoms with E-state index in [0.29, 0.717) is 5.56 Å². The molecule has 1 aliphatic heterocycles. The fourth-order valence-corrected chi connectivity index (χ4v) is 7.93. The van der Waals surface area contributed by atoms with Gasteiger partial charge in [-0.05, 0) is 93.0 Å². The van der Waals surface area contributed by atoms with Crippen LogP contribution in [0.3, 0.4) is 0 Å². The van der Waals surface area contributed by atoms with Gasteiger partial charge >= 0.3 is 0 Å². The molecule has 0 atom stereocenters. The first-order valence-electron chi connectivity index (χ1n) is 15.4. The molecule has 2 heterocycles. The van der Waals surface area contributed by atoms with E-state index in [1.54, 1.807) is 0 Å². The number of nitriles is 1. The maximum absolute atomic E-state index is 10.1. The average molecular weight is 603 g/mol. The quantitative estimate of drug-likeness (QED) is 0.200. The molecule has 0 saturated carbocycles. The Labute approximate surface area is 271 Å². The largest absolute Gasteiger partial charge is 0.307 e. The number of nitrogens with zero attached hydrogens (tertiary/aromatic N) is 2. The second kappa shape index (κ2) is 10.7. The lowest BCUT2D eigenvalue weighted by molar-refractivity contribution is 1.09. The van der Waals surface area contributed by atoms with Gasteiger partial charge in [0.2, 0.25) is 0 Å². The van der Waals surface area contributed by atoms with Gasteiger partial charge in [-0.3, -0.25) is 0 Å². The Hall–Kier alpha value is -5.82. The second-order valence-corrected chi connectivity index (χ2v) is 12.8. The summed E-state index contributed by atoms with van der Waals surface area (Å²) in [5.74, 6) is 0. The van der Waals surface area contributed by atoms with Gasteiger partial charge in [0.05, 0.1) is 28.4 Å². The summed E-state index contributed by atoms with van der Waals surface area (Å²) in [4.78, 5) is 2.58. The van der Waals surface area contributed by atoms with Crippen LogP contribution in [0.5, 0.6) is 0 Å². The lowest BCUT2D eigenvalue weighted by Crippen LogP contribution is -2.00. The molecule has 0 unspecified atom stereocenters. The van der Waals surface area contributed by atoms with Gasteiger partial charge in [0.15, 0.2) is 0 Å². The summed E-state index contributed by atoms with van der Waals surface area (Å²) in [6, 6.07) is 58.3. The Balaban J connectivity index is 1.11. The molecule has 0 amide bonds. The van der Waals surface area contributed by atoms with Crippen molar-refractivity contribution >= 4 is 33.6 Å². The Morgan fingerprint density at radius 2 is 1.07 bits per heavy atom. The van der Waals surface area contributed by atoms with Crippen molar-refractivity contribution in [1.82, 2.24) is 4.57 Å². The van der Waals surface area contributed by atoms with Gasteiger partial charge in [-0.1, -0.05) is 121 Å². The van der Waals surface area contributed by atoms with Crippen LogP contribution >= 0.6 is 11.8 Å². The second-order valence-electron chi connectivity index (χ2n) is 11.7. The number of fused-ring (bicyclic) bond motifs is 5. The van der Waals surface area contributed by atoms with E-state index in [4.69, 9.17) is 0 Å². The molecule has 0 bridgehead atoms. The van der Waals surface area contributed by atoms with Crippen LogP contribution < -0.4 is 0 Å². The maximum Gasteiger partial charge on any atom is 0.0998 e. The van der Waals surface area contributed by atoms with Gasteiger partial charge < -0.3 is 4.57 Å². The molecule has 214 valence electrons. The Kier molecular flexibility index (Phi) is 6.16. The van der Waals surface area contributed by atoms with Crippen molar-refractivity contribution in [1.29, 1.82) is 5.26 Å². The molecule has 1 aromatic heterocycles. The summed E-state index contributed by atoms with van der Waals surface area (Å²) in [7, 11) is 0. The molecule has 0 spiro atoms. The zero-order valence-electron chi connectivity index (χ0n) is 24.8. The van der Waals surface area contributed by atoms with E-state index in [-0.39, 0.29) is 0 Å². The van der Waals surface area contributed by atoms with Crippen LogP contribution in [0, 0.1) is 11.3 Å². The van der Waals surface area contributed by atoms with Crippen molar-refractivity contribution in [2.45, 2.75) is 9.79 Å². The molecule has 2 nitrogen and oxygen atoms in total. The predicted octanol–water partition coefficient (Wildman–Crippen LogP) is 11.8. The monoisotopic (exact) mass is 602 g/mol. The smallest absolute Gasteiger partial charge is 0.0998 e. The number of hydrogen-bond acceptors (Lipinski definition) is 2. The van der Waals surface area contributed by atoms with Crippen LogP contribution in [0.15, 0.2) is 168 Å². The van der Waals surface area contributed by atoms with E-state index in [0.717, 1.165) is 33.4 Å². The van der Waals surface area contributed by atoms with Crippen LogP contribution in [0.1, 0.15) is 5.56 Å². The third-order valence-corrected chi connectivity index (χ3v) is 10.1. The Bertz CT molecular complexity index is 2520. The number of rotatable bonds is 4. The van der Waals surface area contributed by atoms with E-state index in [9.17, 15) is 5.26 Å². The lowest BCUT2D eigenvalue weighted by atomic mass is 9.92. The Morgan fingerprint density at radius 1 is 0.457 bits per heavy atom. The van der Waals surface area contributed by atoms with E-state index < -0.39 is 0 Å². The van der Waals surface area contributed by atoms with Crippen molar-refractivity contribution in [3.05, 3.63) is 163 Å². The van der Waals surface area contributed by atoms with Crippen LogP contribution in [-0.2, 0) is 0 Å². The minimum absolute atomic E-state index is 0.674. The number of para-hydroxylation sites is 2. The Morgan fingerprint density at radius 3 is 1.87 bits per heavy atom. The normalized spacial score (nSPS) is 11.8. The fourth-order valence-electron chi connectivity index (χ4n) is 6.84. The van der Waals surface area contributed by atoms with Crippen LogP contribution in [-0.4, -0.2) is 4.57 Å². The molecule has 0 radical (unpaired) electrons. The summed E-state index contributed by atoms with van der Waals surface area (Å²) in [5.41, 5.74) is 13.2. The first-order chi connectivity index (χ1) is 22.7. The first kappa shape index (κ1) is 26.6. The molecule has 3 heteroatoms. The van der Waals surface area contributed by atoms with Crippen molar-refractivity contribution in [2.75, 3.05) is 0 Å². The van der Waals surface area contributed by atoms with Crippen LogP contribution in [0.2, 0.25) is 0 Å². The van der Waals surface area contributed by atoms with Gasteiger partial charge in [0, 0.05) is 20.6 Å². The zero-order valence-corrected chi connectivity index (χ0v) is 25.6. The number of benzene rings is 7. The summed E-state index contributed by atoms with van der Waals surface area (Å²) < 4.78 is 2.43. The molecule has 0 aliphatic carbocycles. The first-order valence-corrected chi connectivity index (χ1v) is 16.2. The topological polar surface area (TPSA) is 28.7 Å². The van der Waals surface area contributed by atoms with Gasteiger partial charge in [-0.25, -0.2) is 0 Å². The molecule has 7 aromatic carbocycles. The highest BCUT2D eigenvalue weighted by molar-refractivity contribution is 7.99. The van der Waals surface area contributed by atoms with E-state index in [1.807, 2.05) is 36.0 Å². The van der Waals surface area contributed by atoms with Crippen molar-refractivity contribution < 1.29 is 0 Å². The molecule has 0 saturated heterocycles. The van der Waals surface area contributed by atoms with Crippen LogP contribution in [0.4, 0.5) is 0 Å². The van der Waals surface area contributed by atoms with Gasteiger partial charge in [-0.15, -0.1) is 0 Å². The van der Waals surface area contributed by atoms with E-state index >= 15 is 0 Å². The standard InChI is InChI=1S/C43H26N2S/c44-27-35-25-32(28-9-2-1-3-10-28)19-21-36(35)34-14-7-13-31(24-34)29-11-6-12-30(23-29)33-20-22-39-38(26-33)37-15-8-18-42-43(37)45(39)40-16-4-5-17-41(40)46-42/h1-26H. The number of aromatic nitrogens is 1. The van der Waals surface area contributed by atoms with Gasteiger partial charge in [0.1, 0.15) is 0 Å². The van der Waals surface area contributed by atoms with Crippen LogP contribution in [0.25, 0.3) is 72.0 Å². The predicted molar refractivity (Wildman–Crippen MR) is 191 cm³/mol. The van der Waals surface area contributed by atoms with Crippen molar-refractivity contribution in [2.24, 2.45) is 0 Å². The third-order valence-electron chi connectivity index (χ3n) is 9.03. The summed E-state index contributed by atoms with van der Waals surface area (Å²) in [6.45, 7) is 0. The van der Waals surface area contributed by atoms with E-state index in [2.05, 4.69) is 144 Å². The molecule has 9 rings (SSSR count). The fraction of sp³-hybridized carbons (Fsp3) is 0.